The minimum absolute atomic E-state index is 0.200. The number of aryl methyl sites for hydroxylation is 1. The Morgan fingerprint density at radius 3 is 2.17 bits per heavy atom. The summed E-state index contributed by atoms with van der Waals surface area (Å²) < 4.78 is 0. The predicted molar refractivity (Wildman–Crippen MR) is 78.2 cm³/mol. The van der Waals surface area contributed by atoms with Crippen molar-refractivity contribution in [2.24, 2.45) is 4.99 Å². The van der Waals surface area contributed by atoms with E-state index < -0.39 is 0 Å². The van der Waals surface area contributed by atoms with Crippen molar-refractivity contribution in [2.75, 3.05) is 0 Å². The Hall–Kier alpha value is -1.89. The lowest BCUT2D eigenvalue weighted by molar-refractivity contribution is 0.819. The third kappa shape index (κ3) is 3.07. The van der Waals surface area contributed by atoms with E-state index in [0.29, 0.717) is 0 Å². The Morgan fingerprint density at radius 1 is 0.944 bits per heavy atom. The van der Waals surface area contributed by atoms with E-state index in [4.69, 9.17) is 4.99 Å². The average molecular weight is 237 g/mol. The molecule has 0 fully saturated rings. The summed E-state index contributed by atoms with van der Waals surface area (Å²) in [6.07, 6.45) is 0. The SMILES string of the molecule is C/C(=N\C(C)c1ccc(C)cc1)c1ccccc1. The highest BCUT2D eigenvalue weighted by Crippen LogP contribution is 2.18. The lowest BCUT2D eigenvalue weighted by atomic mass is 10.1. The smallest absolute Gasteiger partial charge is 0.0724 e. The second-order valence-corrected chi connectivity index (χ2v) is 4.67. The molecule has 2 rings (SSSR count). The van der Waals surface area contributed by atoms with Crippen molar-refractivity contribution in [3.05, 3.63) is 71.3 Å². The molecule has 0 N–H and O–H groups in total. The monoisotopic (exact) mass is 237 g/mol. The van der Waals surface area contributed by atoms with Crippen LogP contribution in [0.1, 0.15) is 36.6 Å². The molecule has 0 radical (unpaired) electrons. The molecule has 1 heteroatoms. The zero-order valence-corrected chi connectivity index (χ0v) is 11.2. The summed E-state index contributed by atoms with van der Waals surface area (Å²) in [6, 6.07) is 19.1. The predicted octanol–water partition coefficient (Wildman–Crippen LogP) is 4.57. The molecule has 0 saturated carbocycles. The van der Waals surface area contributed by atoms with Crippen molar-refractivity contribution < 1.29 is 0 Å². The van der Waals surface area contributed by atoms with Gasteiger partial charge in [-0.15, -0.1) is 0 Å². The summed E-state index contributed by atoms with van der Waals surface area (Å²) in [4.78, 5) is 4.76. The van der Waals surface area contributed by atoms with Crippen LogP contribution in [-0.2, 0) is 0 Å². The molecule has 0 amide bonds. The van der Waals surface area contributed by atoms with Crippen molar-refractivity contribution in [3.8, 4) is 0 Å². The van der Waals surface area contributed by atoms with Crippen LogP contribution in [-0.4, -0.2) is 5.71 Å². The Kier molecular flexibility index (Phi) is 3.93. The van der Waals surface area contributed by atoms with E-state index in [0.717, 1.165) is 5.71 Å². The standard InChI is InChI=1S/C17H19N/c1-13-9-11-17(12-10-13)15(3)18-14(2)16-7-5-4-6-8-16/h4-12,15H,1-3H3/b18-14+. The highest BCUT2D eigenvalue weighted by Gasteiger charge is 2.04. The van der Waals surface area contributed by atoms with Crippen LogP contribution in [0.3, 0.4) is 0 Å². The first-order valence-electron chi connectivity index (χ1n) is 6.33. The van der Waals surface area contributed by atoms with E-state index in [-0.39, 0.29) is 6.04 Å². The van der Waals surface area contributed by atoms with Crippen LogP contribution in [0.2, 0.25) is 0 Å². The highest BCUT2D eigenvalue weighted by molar-refractivity contribution is 5.98. The highest BCUT2D eigenvalue weighted by atomic mass is 14.8. The van der Waals surface area contributed by atoms with Gasteiger partial charge in [0.05, 0.1) is 6.04 Å². The van der Waals surface area contributed by atoms with Crippen molar-refractivity contribution in [3.63, 3.8) is 0 Å². The molecular weight excluding hydrogens is 218 g/mol. The van der Waals surface area contributed by atoms with Crippen LogP contribution in [0.25, 0.3) is 0 Å². The van der Waals surface area contributed by atoms with E-state index in [1.165, 1.54) is 16.7 Å². The topological polar surface area (TPSA) is 12.4 Å². The maximum absolute atomic E-state index is 4.76. The summed E-state index contributed by atoms with van der Waals surface area (Å²) in [5.74, 6) is 0. The van der Waals surface area contributed by atoms with Gasteiger partial charge in [-0.2, -0.15) is 0 Å². The first-order valence-corrected chi connectivity index (χ1v) is 6.33. The van der Waals surface area contributed by atoms with Gasteiger partial charge < -0.3 is 0 Å². The van der Waals surface area contributed by atoms with Gasteiger partial charge in [-0.25, -0.2) is 0 Å². The molecule has 92 valence electrons. The van der Waals surface area contributed by atoms with Crippen LogP contribution in [0.4, 0.5) is 0 Å². The quantitative estimate of drug-likeness (QED) is 0.694. The van der Waals surface area contributed by atoms with E-state index in [2.05, 4.69) is 57.2 Å². The van der Waals surface area contributed by atoms with Gasteiger partial charge >= 0.3 is 0 Å². The third-order valence-corrected chi connectivity index (χ3v) is 3.14. The molecule has 2 aromatic carbocycles. The Balaban J connectivity index is 2.20. The lowest BCUT2D eigenvalue weighted by Crippen LogP contribution is -1.98. The first kappa shape index (κ1) is 12.6. The number of hydrogen-bond donors (Lipinski definition) is 0. The molecule has 18 heavy (non-hydrogen) atoms. The largest absolute Gasteiger partial charge is 0.282 e. The second kappa shape index (κ2) is 5.63. The minimum atomic E-state index is 0.200. The van der Waals surface area contributed by atoms with Gasteiger partial charge in [0.1, 0.15) is 0 Å². The lowest BCUT2D eigenvalue weighted by Gasteiger charge is -2.09. The van der Waals surface area contributed by atoms with Crippen molar-refractivity contribution >= 4 is 5.71 Å². The van der Waals surface area contributed by atoms with Gasteiger partial charge in [0, 0.05) is 5.71 Å². The van der Waals surface area contributed by atoms with Gasteiger partial charge in [0.25, 0.3) is 0 Å². The van der Waals surface area contributed by atoms with Gasteiger partial charge in [-0.3, -0.25) is 4.99 Å². The van der Waals surface area contributed by atoms with Gasteiger partial charge in [0.2, 0.25) is 0 Å². The molecule has 0 aliphatic carbocycles. The number of aliphatic imine (C=N–C) groups is 1. The summed E-state index contributed by atoms with van der Waals surface area (Å²) in [5.41, 5.74) is 4.82. The fraction of sp³-hybridized carbons (Fsp3) is 0.235. The van der Waals surface area contributed by atoms with Crippen molar-refractivity contribution in [1.29, 1.82) is 0 Å². The summed E-state index contributed by atoms with van der Waals surface area (Å²) >= 11 is 0. The third-order valence-electron chi connectivity index (χ3n) is 3.14. The average Bonchev–Trinajstić information content (AvgIpc) is 2.40. The van der Waals surface area contributed by atoms with Crippen LogP contribution in [0, 0.1) is 6.92 Å². The molecule has 2 aromatic rings. The van der Waals surface area contributed by atoms with Crippen LogP contribution >= 0.6 is 0 Å². The van der Waals surface area contributed by atoms with E-state index in [9.17, 15) is 0 Å². The van der Waals surface area contributed by atoms with Crippen LogP contribution < -0.4 is 0 Å². The van der Waals surface area contributed by atoms with Crippen molar-refractivity contribution in [2.45, 2.75) is 26.8 Å². The molecule has 1 nitrogen and oxygen atoms in total. The zero-order chi connectivity index (χ0) is 13.0. The zero-order valence-electron chi connectivity index (χ0n) is 11.2. The van der Waals surface area contributed by atoms with Crippen molar-refractivity contribution in [1.82, 2.24) is 0 Å². The van der Waals surface area contributed by atoms with E-state index >= 15 is 0 Å². The molecule has 0 aliphatic heterocycles. The fourth-order valence-electron chi connectivity index (χ4n) is 1.96. The number of rotatable bonds is 3. The molecular formula is C17H19N. The molecule has 0 aromatic heterocycles. The maximum atomic E-state index is 4.76. The second-order valence-electron chi connectivity index (χ2n) is 4.67. The number of benzene rings is 2. The number of nitrogens with zero attached hydrogens (tertiary/aromatic N) is 1. The summed E-state index contributed by atoms with van der Waals surface area (Å²) in [6.45, 7) is 6.31. The van der Waals surface area contributed by atoms with Gasteiger partial charge in [-0.05, 0) is 31.9 Å². The Labute approximate surface area is 109 Å². The fourth-order valence-corrected chi connectivity index (χ4v) is 1.96. The van der Waals surface area contributed by atoms with Gasteiger partial charge in [-0.1, -0.05) is 60.2 Å². The van der Waals surface area contributed by atoms with E-state index in [1.807, 2.05) is 18.2 Å². The summed E-state index contributed by atoms with van der Waals surface area (Å²) in [5, 5.41) is 0. The molecule has 0 aliphatic rings. The molecule has 1 unspecified atom stereocenters. The molecule has 0 saturated heterocycles. The Morgan fingerprint density at radius 2 is 1.56 bits per heavy atom. The normalized spacial score (nSPS) is 13.4. The first-order chi connectivity index (χ1) is 8.66. The van der Waals surface area contributed by atoms with Crippen LogP contribution in [0.15, 0.2) is 59.6 Å². The summed E-state index contributed by atoms with van der Waals surface area (Å²) in [7, 11) is 0. The van der Waals surface area contributed by atoms with Gasteiger partial charge in [0.15, 0.2) is 0 Å². The number of hydrogen-bond acceptors (Lipinski definition) is 1. The minimum Gasteiger partial charge on any atom is -0.282 e. The Bertz CT molecular complexity index is 523. The molecule has 0 bridgehead atoms. The molecule has 0 heterocycles. The molecule has 1 atom stereocenters. The maximum Gasteiger partial charge on any atom is 0.0724 e. The van der Waals surface area contributed by atoms with E-state index in [1.54, 1.807) is 0 Å². The van der Waals surface area contributed by atoms with Crippen LogP contribution in [0.5, 0.6) is 0 Å². The molecule has 0 spiro atoms.